The van der Waals surface area contributed by atoms with Crippen LogP contribution in [-0.4, -0.2) is 201 Å². The summed E-state index contributed by atoms with van der Waals surface area (Å²) in [5.41, 5.74) is 25.5. The van der Waals surface area contributed by atoms with Crippen LogP contribution in [-0.2, 0) is 60.8 Å². The predicted molar refractivity (Wildman–Crippen MR) is 334 cm³/mol. The van der Waals surface area contributed by atoms with E-state index in [1.165, 1.54) is 9.80 Å². The highest BCUT2D eigenvalue weighted by molar-refractivity contribution is 6.00. The Hall–Kier alpha value is -8.67. The van der Waals surface area contributed by atoms with Crippen LogP contribution in [0.3, 0.4) is 0 Å². The van der Waals surface area contributed by atoms with Gasteiger partial charge in [-0.2, -0.15) is 0 Å². The number of aromatic amines is 2. The molecule has 0 aliphatic carbocycles. The van der Waals surface area contributed by atoms with Gasteiger partial charge in [0.2, 0.25) is 59.1 Å². The van der Waals surface area contributed by atoms with Gasteiger partial charge in [0.1, 0.15) is 60.4 Å². The third kappa shape index (κ3) is 18.0. The number of aliphatic imine (C=N–C) groups is 1. The number of rotatable bonds is 19. The van der Waals surface area contributed by atoms with Crippen LogP contribution in [0.4, 0.5) is 0 Å². The van der Waals surface area contributed by atoms with Gasteiger partial charge in [-0.05, 0) is 119 Å². The summed E-state index contributed by atoms with van der Waals surface area (Å²) in [6, 6.07) is 0.589. The van der Waals surface area contributed by atoms with Gasteiger partial charge < -0.3 is 95.4 Å². The molecule has 3 aliphatic rings. The van der Waals surface area contributed by atoms with Crippen molar-refractivity contribution < 1.29 is 58.2 Å². The third-order valence-corrected chi connectivity index (χ3v) is 16.7. The summed E-state index contributed by atoms with van der Waals surface area (Å²) in [6.07, 6.45) is 5.74. The van der Waals surface area contributed by atoms with E-state index in [9.17, 15) is 53.4 Å². The maximum atomic E-state index is 15.2. The number of hydrogen-bond acceptors (Lipinski definition) is 15. The van der Waals surface area contributed by atoms with Gasteiger partial charge >= 0.3 is 0 Å². The van der Waals surface area contributed by atoms with Crippen LogP contribution < -0.4 is 65.5 Å². The van der Waals surface area contributed by atoms with Crippen LogP contribution in [0.2, 0.25) is 0 Å². The number of H-pyrrole nitrogens is 2. The van der Waals surface area contributed by atoms with Gasteiger partial charge in [-0.3, -0.25) is 52.9 Å². The Morgan fingerprint density at radius 2 is 0.911 bits per heavy atom. The number of carbonyl (C=O) groups excluding carboxylic acids is 10. The monoisotopic (exact) mass is 1250 g/mol. The molecular weight excluding hydrogens is 1160 g/mol. The zero-order chi connectivity index (χ0) is 65.0. The van der Waals surface area contributed by atoms with E-state index in [-0.39, 0.29) is 90.0 Å². The second-order valence-electron chi connectivity index (χ2n) is 23.5. The van der Waals surface area contributed by atoms with E-state index >= 15 is 4.79 Å². The fourth-order valence-electron chi connectivity index (χ4n) is 11.8. The predicted octanol–water partition coefficient (Wildman–Crippen LogP) is -2.74. The number of unbranched alkanes of at least 4 members (excludes halogenated alkanes) is 2. The quantitative estimate of drug-likeness (QED) is 0.0257. The molecule has 10 amide bonds. The number of carbonyl (C=O) groups is 10. The number of fused-ring (bicyclic) bond motifs is 4. The van der Waals surface area contributed by atoms with E-state index in [1.807, 2.05) is 36.4 Å². The zero-order valence-corrected chi connectivity index (χ0v) is 51.1. The summed E-state index contributed by atoms with van der Waals surface area (Å²) in [5.74, 6) is -9.10. The number of para-hydroxylation sites is 2. The number of benzene rings is 2. The molecule has 90 heavy (non-hydrogen) atoms. The van der Waals surface area contributed by atoms with E-state index in [0.29, 0.717) is 49.7 Å². The molecule has 29 nitrogen and oxygen atoms in total. The Labute approximate surface area is 521 Å². The summed E-state index contributed by atoms with van der Waals surface area (Å²) < 4.78 is 0. The second kappa shape index (κ2) is 33.2. The van der Waals surface area contributed by atoms with E-state index < -0.39 is 139 Å². The normalized spacial score (nSPS) is 25.1. The Balaban J connectivity index is 1.27. The molecule has 20 N–H and O–H groups in total. The van der Waals surface area contributed by atoms with Gasteiger partial charge in [0.25, 0.3) is 0 Å². The van der Waals surface area contributed by atoms with Gasteiger partial charge in [0.05, 0.1) is 13.2 Å². The van der Waals surface area contributed by atoms with Crippen molar-refractivity contribution in [3.8, 4) is 0 Å². The van der Waals surface area contributed by atoms with Gasteiger partial charge in [0.15, 0.2) is 5.96 Å². The number of hydrogen-bond donors (Lipinski definition) is 16. The van der Waals surface area contributed by atoms with Crippen LogP contribution >= 0.6 is 0 Å². The SMILES string of the molecule is CC(C)[C@@H]1NC(=O)[C@H](CO)NC(=O)[C@H](Cc2c[nH]c3ccccc23)NC(=O)[C@@H]2CCCN2C(=O)[C@H]2CCCN2C(=O)[C@H](Cc2c[nH]c3ccccc23)NC(=O)[C@H](CO)NC(=O)[C@H](CCCCN)NC(=O)[C@H](CCCCN)NC(=O)[C@H](CCCN=C(N)N)NC1=O. The number of aliphatic hydroxyl groups excluding tert-OH is 2. The number of amides is 10. The van der Waals surface area contributed by atoms with Crippen molar-refractivity contribution in [1.29, 1.82) is 0 Å². The van der Waals surface area contributed by atoms with Crippen molar-refractivity contribution in [2.24, 2.45) is 33.8 Å². The van der Waals surface area contributed by atoms with E-state index in [1.54, 1.807) is 38.4 Å². The zero-order valence-electron chi connectivity index (χ0n) is 51.1. The highest BCUT2D eigenvalue weighted by Crippen LogP contribution is 2.28. The number of nitrogens with zero attached hydrogens (tertiary/aromatic N) is 3. The fraction of sp³-hybridized carbons (Fsp3) is 0.557. The molecule has 7 rings (SSSR count). The van der Waals surface area contributed by atoms with Crippen LogP contribution in [0.15, 0.2) is 65.9 Å². The first-order chi connectivity index (χ1) is 43.3. The minimum absolute atomic E-state index is 0.00143. The molecule has 2 aromatic heterocycles. The largest absolute Gasteiger partial charge is 0.394 e. The van der Waals surface area contributed by atoms with Crippen molar-refractivity contribution in [3.05, 3.63) is 72.1 Å². The first-order valence-corrected chi connectivity index (χ1v) is 31.1. The molecule has 3 fully saturated rings. The molecule has 0 radical (unpaired) electrons. The third-order valence-electron chi connectivity index (χ3n) is 16.7. The van der Waals surface area contributed by atoms with Crippen LogP contribution in [0, 0.1) is 5.92 Å². The molecule has 4 aromatic rings. The first-order valence-electron chi connectivity index (χ1n) is 31.1. The fourth-order valence-corrected chi connectivity index (χ4v) is 11.8. The van der Waals surface area contributed by atoms with E-state index in [2.05, 4.69) is 57.5 Å². The highest BCUT2D eigenvalue weighted by Gasteiger charge is 2.45. The average molecular weight is 1250 g/mol. The lowest BCUT2D eigenvalue weighted by atomic mass is 10.0. The summed E-state index contributed by atoms with van der Waals surface area (Å²) in [5, 5.41) is 44.4. The average Bonchev–Trinajstić information content (AvgIpc) is 2.05. The summed E-state index contributed by atoms with van der Waals surface area (Å²) in [6.45, 7) is 1.99. The Kier molecular flexibility index (Phi) is 25.4. The first kappa shape index (κ1) is 68.8. The topological polar surface area (TPSA) is 462 Å². The number of nitrogens with two attached hydrogens (primary N) is 4. The number of aromatic nitrogens is 2. The smallest absolute Gasteiger partial charge is 0.246 e. The molecule has 0 unspecified atom stereocenters. The molecule has 29 heteroatoms. The molecule has 0 spiro atoms. The van der Waals surface area contributed by atoms with Crippen LogP contribution in [0.5, 0.6) is 0 Å². The van der Waals surface area contributed by atoms with Crippen LogP contribution in [0.1, 0.15) is 102 Å². The highest BCUT2D eigenvalue weighted by atomic mass is 16.3. The molecule has 5 heterocycles. The second-order valence-corrected chi connectivity index (χ2v) is 23.5. The molecule has 3 saturated heterocycles. The van der Waals surface area contributed by atoms with Crippen molar-refractivity contribution >= 4 is 86.8 Å². The molecule has 0 bridgehead atoms. The maximum Gasteiger partial charge on any atom is 0.246 e. The van der Waals surface area contributed by atoms with E-state index in [0.717, 1.165) is 21.8 Å². The van der Waals surface area contributed by atoms with E-state index in [4.69, 9.17) is 22.9 Å². The lowest BCUT2D eigenvalue weighted by Gasteiger charge is -2.33. The Morgan fingerprint density at radius 3 is 1.41 bits per heavy atom. The Bertz CT molecular complexity index is 3200. The molecule has 0 saturated carbocycles. The molecule has 3 aliphatic heterocycles. The van der Waals surface area contributed by atoms with Gasteiger partial charge in [-0.1, -0.05) is 50.2 Å². The standard InChI is InChI=1S/C61H89N17O12/c1-34(2)50-58(88)71-43(20-11-25-66-61(64)65)52(82)69-41(18-7-9-23-62)51(81)70-42(19-8-10-24-63)53(83)74-46(32-79)55(85)73-45(29-36-31-68-40-17-6-4-15-38(36)40)59(89)78-27-13-22-49(78)60(90)77-26-12-21-48(77)57(87)72-44(54(84)75-47(33-80)56(86)76-50)28-35-30-67-39-16-5-3-14-37(35)39/h3-6,14-17,30-31,34,41-50,67-68,79-80H,7-13,18-29,32-33,62-63H2,1-2H3,(H,69,82)(H,70,81)(H,71,88)(H,72,87)(H,73,85)(H,74,83)(H,75,84)(H,76,86)(H4,64,65,66)/t41-,42-,43-,44-,45-,46-,47-,48-,49+,50-/m0/s1. The molecular formula is C61H89N17O12. The number of aliphatic hydroxyl groups is 2. The summed E-state index contributed by atoms with van der Waals surface area (Å²) in [7, 11) is 0. The van der Waals surface area contributed by atoms with Crippen molar-refractivity contribution in [2.45, 2.75) is 164 Å². The van der Waals surface area contributed by atoms with Gasteiger partial charge in [-0.15, -0.1) is 0 Å². The van der Waals surface area contributed by atoms with Gasteiger partial charge in [0, 0.05) is 66.7 Å². The van der Waals surface area contributed by atoms with Crippen LogP contribution in [0.25, 0.3) is 21.8 Å². The van der Waals surface area contributed by atoms with Crippen molar-refractivity contribution in [2.75, 3.05) is 45.9 Å². The summed E-state index contributed by atoms with van der Waals surface area (Å²) >= 11 is 0. The lowest BCUT2D eigenvalue weighted by molar-refractivity contribution is -0.148. The number of guanidine groups is 1. The maximum absolute atomic E-state index is 15.2. The lowest BCUT2D eigenvalue weighted by Crippen LogP contribution is -2.62. The van der Waals surface area contributed by atoms with Gasteiger partial charge in [-0.25, -0.2) is 0 Å². The van der Waals surface area contributed by atoms with Crippen molar-refractivity contribution in [1.82, 2.24) is 62.3 Å². The molecule has 10 atom stereocenters. The Morgan fingerprint density at radius 1 is 0.500 bits per heavy atom. The van der Waals surface area contributed by atoms with Crippen molar-refractivity contribution in [3.63, 3.8) is 0 Å². The minimum atomic E-state index is -1.70. The molecule has 490 valence electrons. The molecule has 2 aromatic carbocycles. The summed E-state index contributed by atoms with van der Waals surface area (Å²) in [4.78, 5) is 159. The minimum Gasteiger partial charge on any atom is -0.394 e. The number of nitrogens with one attached hydrogen (secondary N) is 10.